The molecular weight excluding hydrogens is 226 g/mol. The quantitative estimate of drug-likeness (QED) is 0.709. The van der Waals surface area contributed by atoms with E-state index in [0.717, 1.165) is 21.8 Å². The first kappa shape index (κ1) is 9.66. The van der Waals surface area contributed by atoms with Gasteiger partial charge in [0.05, 0.1) is 11.7 Å². The Balaban J connectivity index is 2.12. The van der Waals surface area contributed by atoms with E-state index in [1.54, 1.807) is 0 Å². The largest absolute Gasteiger partial charge is 0.328 e. The lowest BCUT2D eigenvalue weighted by atomic mass is 9.99. The van der Waals surface area contributed by atoms with Gasteiger partial charge in [-0.1, -0.05) is 17.7 Å². The van der Waals surface area contributed by atoms with Crippen molar-refractivity contribution in [1.29, 1.82) is 0 Å². The van der Waals surface area contributed by atoms with E-state index in [2.05, 4.69) is 15.6 Å². The zero-order chi connectivity index (χ0) is 11.3. The molecule has 1 atom stereocenters. The first-order valence-electron chi connectivity index (χ1n) is 5.09. The first-order valence-corrected chi connectivity index (χ1v) is 5.47. The van der Waals surface area contributed by atoms with Crippen molar-refractivity contribution in [2.24, 2.45) is 4.99 Å². The van der Waals surface area contributed by atoms with Crippen LogP contribution in [0.15, 0.2) is 17.1 Å². The number of carbonyl (C=O) groups is 1. The highest BCUT2D eigenvalue weighted by Gasteiger charge is 2.32. The second-order valence-corrected chi connectivity index (χ2v) is 4.42. The Morgan fingerprint density at radius 2 is 2.31 bits per heavy atom. The lowest BCUT2D eigenvalue weighted by Crippen LogP contribution is -2.33. The number of amides is 2. The van der Waals surface area contributed by atoms with E-state index in [1.807, 2.05) is 19.1 Å². The van der Waals surface area contributed by atoms with E-state index in [0.29, 0.717) is 12.3 Å². The number of carbonyl (C=O) groups excluding carboxylic acids is 1. The minimum absolute atomic E-state index is 0.0562. The van der Waals surface area contributed by atoms with Gasteiger partial charge in [0.15, 0.2) is 0 Å². The summed E-state index contributed by atoms with van der Waals surface area (Å²) < 4.78 is 0. The van der Waals surface area contributed by atoms with Crippen LogP contribution in [-0.4, -0.2) is 17.9 Å². The van der Waals surface area contributed by atoms with Crippen LogP contribution < -0.4 is 10.6 Å². The van der Waals surface area contributed by atoms with Crippen LogP contribution in [0.2, 0.25) is 5.02 Å². The molecule has 0 aromatic heterocycles. The average Bonchev–Trinajstić information content (AvgIpc) is 2.61. The smallest absolute Gasteiger partial charge is 0.320 e. The molecule has 1 unspecified atom stereocenters. The van der Waals surface area contributed by atoms with Crippen molar-refractivity contribution in [2.75, 3.05) is 0 Å². The van der Waals surface area contributed by atoms with Gasteiger partial charge in [-0.25, -0.2) is 9.79 Å². The van der Waals surface area contributed by atoms with Crippen LogP contribution in [0.3, 0.4) is 0 Å². The van der Waals surface area contributed by atoms with E-state index in [9.17, 15) is 4.79 Å². The molecule has 2 N–H and O–H groups in total. The molecule has 2 heterocycles. The van der Waals surface area contributed by atoms with Crippen LogP contribution in [-0.2, 0) is 6.42 Å². The lowest BCUT2D eigenvalue weighted by molar-refractivity contribution is 0.248. The summed E-state index contributed by atoms with van der Waals surface area (Å²) in [5, 5.41) is 6.24. The van der Waals surface area contributed by atoms with Gasteiger partial charge in [0.2, 0.25) is 0 Å². The van der Waals surface area contributed by atoms with Crippen LogP contribution in [0.5, 0.6) is 0 Å². The monoisotopic (exact) mass is 235 g/mol. The molecule has 5 heteroatoms. The molecule has 16 heavy (non-hydrogen) atoms. The summed E-state index contributed by atoms with van der Waals surface area (Å²) in [6, 6.07) is 3.63. The number of hydrogen-bond acceptors (Lipinski definition) is 2. The molecule has 0 spiro atoms. The summed E-state index contributed by atoms with van der Waals surface area (Å²) in [7, 11) is 0. The van der Waals surface area contributed by atoms with Gasteiger partial charge in [0, 0.05) is 11.4 Å². The maximum absolute atomic E-state index is 11.2. The van der Waals surface area contributed by atoms with Crippen LogP contribution in [0.4, 0.5) is 10.5 Å². The number of nitrogens with one attached hydrogen (secondary N) is 2. The molecule has 3 rings (SSSR count). The molecule has 1 aromatic rings. The number of hydrogen-bond donors (Lipinski definition) is 2. The molecule has 1 saturated heterocycles. The Hall–Kier alpha value is -1.55. The molecule has 82 valence electrons. The summed E-state index contributed by atoms with van der Waals surface area (Å²) in [5.41, 5.74) is 2.90. The number of halogens is 1. The topological polar surface area (TPSA) is 53.5 Å². The lowest BCUT2D eigenvalue weighted by Gasteiger charge is -2.19. The minimum Gasteiger partial charge on any atom is -0.328 e. The van der Waals surface area contributed by atoms with E-state index >= 15 is 0 Å². The highest BCUT2D eigenvalue weighted by atomic mass is 35.5. The number of fused-ring (bicyclic) bond motifs is 2. The van der Waals surface area contributed by atoms with Crippen molar-refractivity contribution < 1.29 is 4.79 Å². The normalized spacial score (nSPS) is 21.8. The van der Waals surface area contributed by atoms with E-state index in [1.165, 1.54) is 0 Å². The number of nitrogens with zero attached hydrogens (tertiary/aromatic N) is 1. The van der Waals surface area contributed by atoms with Gasteiger partial charge < -0.3 is 5.32 Å². The maximum atomic E-state index is 11.2. The summed E-state index contributed by atoms with van der Waals surface area (Å²) in [4.78, 5) is 15.6. The predicted molar refractivity (Wildman–Crippen MR) is 62.4 cm³/mol. The van der Waals surface area contributed by atoms with E-state index in [-0.39, 0.29) is 12.1 Å². The van der Waals surface area contributed by atoms with E-state index in [4.69, 9.17) is 11.6 Å². The molecule has 0 aliphatic carbocycles. The third-order valence-corrected chi connectivity index (χ3v) is 3.46. The average molecular weight is 236 g/mol. The first-order chi connectivity index (χ1) is 7.65. The van der Waals surface area contributed by atoms with Crippen LogP contribution in [0, 0.1) is 6.92 Å². The van der Waals surface area contributed by atoms with Crippen LogP contribution >= 0.6 is 11.6 Å². The molecule has 1 fully saturated rings. The number of urea groups is 1. The van der Waals surface area contributed by atoms with Crippen LogP contribution in [0.25, 0.3) is 0 Å². The van der Waals surface area contributed by atoms with Gasteiger partial charge >= 0.3 is 6.03 Å². The van der Waals surface area contributed by atoms with Gasteiger partial charge in [-0.05, 0) is 24.1 Å². The highest BCUT2D eigenvalue weighted by molar-refractivity contribution is 6.32. The number of rotatable bonds is 0. The fourth-order valence-corrected chi connectivity index (χ4v) is 2.32. The number of aliphatic imine (C=N–C) groups is 1. The SMILES string of the molecule is Cc1ccc2c(c1Cl)CC1NC(=O)NC1=N2. The van der Waals surface area contributed by atoms with Crippen molar-refractivity contribution in [1.82, 2.24) is 10.6 Å². The maximum Gasteiger partial charge on any atom is 0.320 e. The second-order valence-electron chi connectivity index (χ2n) is 4.05. The third kappa shape index (κ3) is 1.30. The molecular formula is C11H10ClN3O. The van der Waals surface area contributed by atoms with Crippen molar-refractivity contribution >= 4 is 29.2 Å². The van der Waals surface area contributed by atoms with Crippen LogP contribution in [0.1, 0.15) is 11.1 Å². The Labute approximate surface area is 97.7 Å². The zero-order valence-electron chi connectivity index (χ0n) is 8.67. The summed E-state index contributed by atoms with van der Waals surface area (Å²) in [6.07, 6.45) is 0.702. The predicted octanol–water partition coefficient (Wildman–Crippen LogP) is 1.92. The van der Waals surface area contributed by atoms with Crippen molar-refractivity contribution in [3.05, 3.63) is 28.3 Å². The minimum atomic E-state index is -0.190. The Kier molecular flexibility index (Phi) is 1.94. The van der Waals surface area contributed by atoms with Gasteiger partial charge in [0.25, 0.3) is 0 Å². The van der Waals surface area contributed by atoms with Gasteiger partial charge in [-0.3, -0.25) is 5.32 Å². The molecule has 2 amide bonds. The van der Waals surface area contributed by atoms with Crippen molar-refractivity contribution in [2.45, 2.75) is 19.4 Å². The van der Waals surface area contributed by atoms with Gasteiger partial charge in [-0.15, -0.1) is 0 Å². The zero-order valence-corrected chi connectivity index (χ0v) is 9.43. The summed E-state index contributed by atoms with van der Waals surface area (Å²) >= 11 is 6.24. The molecule has 0 bridgehead atoms. The Bertz CT molecular complexity index is 524. The Morgan fingerprint density at radius 1 is 1.50 bits per heavy atom. The molecule has 0 radical (unpaired) electrons. The molecule has 0 saturated carbocycles. The fourth-order valence-electron chi connectivity index (χ4n) is 2.08. The molecule has 2 aliphatic heterocycles. The summed E-state index contributed by atoms with van der Waals surface area (Å²) in [5.74, 6) is 0.692. The molecule has 2 aliphatic rings. The fraction of sp³-hybridized carbons (Fsp3) is 0.273. The third-order valence-electron chi connectivity index (χ3n) is 2.94. The van der Waals surface area contributed by atoms with Crippen molar-refractivity contribution in [3.63, 3.8) is 0 Å². The number of aryl methyl sites for hydroxylation is 1. The highest BCUT2D eigenvalue weighted by Crippen LogP contribution is 2.34. The Morgan fingerprint density at radius 3 is 3.12 bits per heavy atom. The molecule has 1 aromatic carbocycles. The summed E-state index contributed by atoms with van der Waals surface area (Å²) in [6.45, 7) is 1.97. The van der Waals surface area contributed by atoms with Crippen molar-refractivity contribution in [3.8, 4) is 0 Å². The second kappa shape index (κ2) is 3.22. The number of benzene rings is 1. The standard InChI is InChI=1S/C11H10ClN3O/c1-5-2-3-7-6(9(5)12)4-8-10(13-7)15-11(16)14-8/h2-3,8H,4H2,1H3,(H2,13,14,15,16). The molecule has 4 nitrogen and oxygen atoms in total. The number of amidine groups is 1. The van der Waals surface area contributed by atoms with E-state index < -0.39 is 0 Å². The van der Waals surface area contributed by atoms with Gasteiger partial charge in [0.1, 0.15) is 5.84 Å². The van der Waals surface area contributed by atoms with Gasteiger partial charge in [-0.2, -0.15) is 0 Å².